The Morgan fingerprint density at radius 1 is 1.11 bits per heavy atom. The van der Waals surface area contributed by atoms with E-state index in [-0.39, 0.29) is 0 Å². The van der Waals surface area contributed by atoms with Crippen molar-refractivity contribution in [1.29, 1.82) is 0 Å². The van der Waals surface area contributed by atoms with Crippen LogP contribution < -0.4 is 10.5 Å². The van der Waals surface area contributed by atoms with Gasteiger partial charge in [-0.1, -0.05) is 30.7 Å². The summed E-state index contributed by atoms with van der Waals surface area (Å²) >= 11 is 6.07. The van der Waals surface area contributed by atoms with Gasteiger partial charge in [0, 0.05) is 11.6 Å². The molecular formula is C15H16ClNO. The van der Waals surface area contributed by atoms with Crippen LogP contribution in [-0.4, -0.2) is 0 Å². The van der Waals surface area contributed by atoms with Gasteiger partial charge in [0.25, 0.3) is 0 Å². The number of aryl methyl sites for hydroxylation is 1. The average molecular weight is 262 g/mol. The van der Waals surface area contributed by atoms with Crippen molar-refractivity contribution >= 4 is 11.6 Å². The van der Waals surface area contributed by atoms with E-state index in [4.69, 9.17) is 22.1 Å². The molecule has 0 bridgehead atoms. The number of benzene rings is 2. The lowest BCUT2D eigenvalue weighted by molar-refractivity contribution is 0.481. The van der Waals surface area contributed by atoms with Crippen LogP contribution in [0.4, 0.5) is 0 Å². The fourth-order valence-corrected chi connectivity index (χ4v) is 2.01. The van der Waals surface area contributed by atoms with E-state index in [0.717, 1.165) is 34.1 Å². The number of hydrogen-bond donors (Lipinski definition) is 1. The molecule has 2 rings (SSSR count). The summed E-state index contributed by atoms with van der Waals surface area (Å²) in [5, 5.41) is 0.778. The smallest absolute Gasteiger partial charge is 0.127 e. The number of halogens is 1. The van der Waals surface area contributed by atoms with E-state index >= 15 is 0 Å². The molecule has 3 heteroatoms. The monoisotopic (exact) mass is 261 g/mol. The molecule has 0 heterocycles. The van der Waals surface area contributed by atoms with E-state index in [9.17, 15) is 0 Å². The van der Waals surface area contributed by atoms with Gasteiger partial charge in [-0.15, -0.1) is 0 Å². The SMILES string of the molecule is CCc1cc(Oc2cccc(CN)c2)ccc1Cl. The first kappa shape index (κ1) is 12.9. The van der Waals surface area contributed by atoms with E-state index in [0.29, 0.717) is 6.54 Å². The van der Waals surface area contributed by atoms with Crippen molar-refractivity contribution in [3.63, 3.8) is 0 Å². The van der Waals surface area contributed by atoms with Crippen molar-refractivity contribution in [2.75, 3.05) is 0 Å². The van der Waals surface area contributed by atoms with Crippen LogP contribution >= 0.6 is 11.6 Å². The maximum absolute atomic E-state index is 6.07. The molecular weight excluding hydrogens is 246 g/mol. The minimum atomic E-state index is 0.512. The highest BCUT2D eigenvalue weighted by Gasteiger charge is 2.03. The molecule has 0 saturated carbocycles. The molecule has 0 aliphatic heterocycles. The first-order valence-corrected chi connectivity index (χ1v) is 6.36. The lowest BCUT2D eigenvalue weighted by atomic mass is 10.1. The normalized spacial score (nSPS) is 10.4. The van der Waals surface area contributed by atoms with Crippen LogP contribution in [0.15, 0.2) is 42.5 Å². The van der Waals surface area contributed by atoms with Crippen molar-refractivity contribution in [1.82, 2.24) is 0 Å². The zero-order chi connectivity index (χ0) is 13.0. The fraction of sp³-hybridized carbons (Fsp3) is 0.200. The standard InChI is InChI=1S/C15H16ClNO/c1-2-12-9-14(6-7-15(12)16)18-13-5-3-4-11(8-13)10-17/h3-9H,2,10,17H2,1H3. The number of ether oxygens (including phenoxy) is 1. The number of rotatable bonds is 4. The van der Waals surface area contributed by atoms with Crippen molar-refractivity contribution in [2.24, 2.45) is 5.73 Å². The molecule has 0 radical (unpaired) electrons. The summed E-state index contributed by atoms with van der Waals surface area (Å²) in [5.74, 6) is 1.59. The van der Waals surface area contributed by atoms with Gasteiger partial charge in [-0.05, 0) is 47.9 Å². The third kappa shape index (κ3) is 3.03. The molecule has 18 heavy (non-hydrogen) atoms. The quantitative estimate of drug-likeness (QED) is 0.897. The Bertz CT molecular complexity index is 540. The van der Waals surface area contributed by atoms with Crippen molar-refractivity contribution in [2.45, 2.75) is 19.9 Å². The Labute approximate surface area is 112 Å². The lowest BCUT2D eigenvalue weighted by Crippen LogP contribution is -1.96. The summed E-state index contributed by atoms with van der Waals surface area (Å²) in [6.45, 7) is 2.58. The molecule has 0 fully saturated rings. The third-order valence-corrected chi connectivity index (χ3v) is 3.14. The van der Waals surface area contributed by atoms with Crippen molar-refractivity contribution < 1.29 is 4.74 Å². The molecule has 0 atom stereocenters. The Hall–Kier alpha value is -1.51. The molecule has 2 nitrogen and oxygen atoms in total. The summed E-state index contributed by atoms with van der Waals surface area (Å²) in [6.07, 6.45) is 0.888. The van der Waals surface area contributed by atoms with E-state index in [1.165, 1.54) is 0 Å². The first-order valence-electron chi connectivity index (χ1n) is 5.98. The van der Waals surface area contributed by atoms with Gasteiger partial charge in [0.2, 0.25) is 0 Å². The highest BCUT2D eigenvalue weighted by atomic mass is 35.5. The number of hydrogen-bond acceptors (Lipinski definition) is 2. The molecule has 2 N–H and O–H groups in total. The summed E-state index contributed by atoms with van der Waals surface area (Å²) in [6, 6.07) is 13.5. The average Bonchev–Trinajstić information content (AvgIpc) is 2.41. The summed E-state index contributed by atoms with van der Waals surface area (Å²) in [4.78, 5) is 0. The second-order valence-corrected chi connectivity index (χ2v) is 4.47. The Morgan fingerprint density at radius 3 is 2.61 bits per heavy atom. The third-order valence-electron chi connectivity index (χ3n) is 2.77. The molecule has 0 amide bonds. The fourth-order valence-electron chi connectivity index (χ4n) is 1.76. The minimum Gasteiger partial charge on any atom is -0.457 e. The predicted molar refractivity (Wildman–Crippen MR) is 75.2 cm³/mol. The van der Waals surface area contributed by atoms with Crippen LogP contribution in [-0.2, 0) is 13.0 Å². The molecule has 0 spiro atoms. The summed E-state index contributed by atoms with van der Waals surface area (Å²) in [7, 11) is 0. The summed E-state index contributed by atoms with van der Waals surface area (Å²) < 4.78 is 5.80. The molecule has 0 saturated heterocycles. The zero-order valence-electron chi connectivity index (χ0n) is 10.3. The Morgan fingerprint density at radius 2 is 1.89 bits per heavy atom. The van der Waals surface area contributed by atoms with Gasteiger partial charge in [-0.3, -0.25) is 0 Å². The van der Waals surface area contributed by atoms with Gasteiger partial charge >= 0.3 is 0 Å². The minimum absolute atomic E-state index is 0.512. The van der Waals surface area contributed by atoms with Crippen LogP contribution in [0.1, 0.15) is 18.1 Å². The highest BCUT2D eigenvalue weighted by molar-refractivity contribution is 6.31. The molecule has 94 valence electrons. The van der Waals surface area contributed by atoms with E-state index in [2.05, 4.69) is 6.92 Å². The predicted octanol–water partition coefficient (Wildman–Crippen LogP) is 4.15. The largest absolute Gasteiger partial charge is 0.457 e. The maximum Gasteiger partial charge on any atom is 0.127 e. The zero-order valence-corrected chi connectivity index (χ0v) is 11.1. The van der Waals surface area contributed by atoms with Gasteiger partial charge in [0.15, 0.2) is 0 Å². The van der Waals surface area contributed by atoms with Crippen LogP contribution in [0, 0.1) is 0 Å². The molecule has 0 aliphatic rings. The van der Waals surface area contributed by atoms with Gasteiger partial charge in [-0.25, -0.2) is 0 Å². The molecule has 2 aromatic carbocycles. The van der Waals surface area contributed by atoms with Crippen LogP contribution in [0.3, 0.4) is 0 Å². The van der Waals surface area contributed by atoms with E-state index < -0.39 is 0 Å². The molecule has 0 unspecified atom stereocenters. The maximum atomic E-state index is 6.07. The van der Waals surface area contributed by atoms with Gasteiger partial charge in [0.1, 0.15) is 11.5 Å². The Kier molecular flexibility index (Phi) is 4.24. The molecule has 0 aliphatic carbocycles. The number of nitrogens with two attached hydrogens (primary N) is 1. The van der Waals surface area contributed by atoms with Crippen molar-refractivity contribution in [3.05, 3.63) is 58.6 Å². The van der Waals surface area contributed by atoms with Gasteiger partial charge in [0.05, 0.1) is 0 Å². The lowest BCUT2D eigenvalue weighted by Gasteiger charge is -2.09. The first-order chi connectivity index (χ1) is 8.72. The topological polar surface area (TPSA) is 35.2 Å². The molecule has 0 aromatic heterocycles. The summed E-state index contributed by atoms with van der Waals surface area (Å²) in [5.41, 5.74) is 7.74. The Balaban J connectivity index is 2.22. The second-order valence-electron chi connectivity index (χ2n) is 4.06. The highest BCUT2D eigenvalue weighted by Crippen LogP contribution is 2.27. The second kappa shape index (κ2) is 5.89. The van der Waals surface area contributed by atoms with Crippen LogP contribution in [0.5, 0.6) is 11.5 Å². The van der Waals surface area contributed by atoms with E-state index in [1.54, 1.807) is 0 Å². The van der Waals surface area contributed by atoms with E-state index in [1.807, 2.05) is 42.5 Å². The van der Waals surface area contributed by atoms with Crippen LogP contribution in [0.25, 0.3) is 0 Å². The van der Waals surface area contributed by atoms with Gasteiger partial charge in [-0.2, -0.15) is 0 Å². The van der Waals surface area contributed by atoms with Gasteiger partial charge < -0.3 is 10.5 Å². The molecule has 2 aromatic rings. The van der Waals surface area contributed by atoms with Crippen LogP contribution in [0.2, 0.25) is 5.02 Å². The van der Waals surface area contributed by atoms with Crippen molar-refractivity contribution in [3.8, 4) is 11.5 Å².